The molecule has 0 saturated heterocycles. The zero-order valence-corrected chi connectivity index (χ0v) is 12.9. The largest absolute Gasteiger partial charge is 0.316 e. The first-order valence-electron chi connectivity index (χ1n) is 7.62. The van der Waals surface area contributed by atoms with Gasteiger partial charge in [0.15, 0.2) is 0 Å². The van der Waals surface area contributed by atoms with Gasteiger partial charge in [-0.3, -0.25) is 4.98 Å². The summed E-state index contributed by atoms with van der Waals surface area (Å²) in [6.07, 6.45) is 8.45. The van der Waals surface area contributed by atoms with Crippen LogP contribution in [0.1, 0.15) is 50.8 Å². The quantitative estimate of drug-likeness (QED) is 0.892. The molecule has 1 aromatic rings. The fourth-order valence-electron chi connectivity index (χ4n) is 3.65. The van der Waals surface area contributed by atoms with E-state index in [-0.39, 0.29) is 0 Å². The molecule has 1 aliphatic rings. The molecule has 1 aromatic heterocycles. The van der Waals surface area contributed by atoms with Crippen molar-refractivity contribution in [1.29, 1.82) is 0 Å². The number of rotatable bonds is 4. The van der Waals surface area contributed by atoms with E-state index in [4.69, 9.17) is 0 Å². The highest BCUT2D eigenvalue weighted by atomic mass is 14.9. The number of nitrogens with zero attached hydrogens (tertiary/aromatic N) is 1. The van der Waals surface area contributed by atoms with E-state index in [1.165, 1.54) is 36.9 Å². The van der Waals surface area contributed by atoms with Gasteiger partial charge >= 0.3 is 0 Å². The van der Waals surface area contributed by atoms with Crippen LogP contribution in [0.15, 0.2) is 18.3 Å². The van der Waals surface area contributed by atoms with Gasteiger partial charge in [0.2, 0.25) is 0 Å². The minimum Gasteiger partial charge on any atom is -0.316 e. The first-order valence-corrected chi connectivity index (χ1v) is 7.62. The fraction of sp³-hybridized carbons (Fsp3) is 0.706. The first-order chi connectivity index (χ1) is 9.04. The second-order valence-electron chi connectivity index (χ2n) is 6.71. The highest BCUT2D eigenvalue weighted by molar-refractivity contribution is 5.19. The molecule has 19 heavy (non-hydrogen) atoms. The van der Waals surface area contributed by atoms with Crippen LogP contribution < -0.4 is 5.32 Å². The molecule has 0 bridgehead atoms. The van der Waals surface area contributed by atoms with Gasteiger partial charge in [-0.15, -0.1) is 0 Å². The fourth-order valence-corrected chi connectivity index (χ4v) is 3.65. The lowest BCUT2D eigenvalue weighted by Gasteiger charge is -2.43. The van der Waals surface area contributed by atoms with Gasteiger partial charge in [0.25, 0.3) is 0 Å². The summed E-state index contributed by atoms with van der Waals surface area (Å²) in [7, 11) is 2.10. The molecule has 2 nitrogen and oxygen atoms in total. The van der Waals surface area contributed by atoms with Gasteiger partial charge in [-0.05, 0) is 49.8 Å². The van der Waals surface area contributed by atoms with E-state index in [0.717, 1.165) is 12.3 Å². The number of hydrogen-bond acceptors (Lipinski definition) is 2. The van der Waals surface area contributed by atoms with Gasteiger partial charge in [0.05, 0.1) is 0 Å². The molecule has 0 amide bonds. The van der Waals surface area contributed by atoms with Gasteiger partial charge in [-0.25, -0.2) is 0 Å². The standard InChI is InChI=1S/C17H28N2/c1-13-8-7-11-19-15(13)12-16(18-4)14-9-5-6-10-17(14,2)3/h7-8,11,14,16,18H,5-6,9-10,12H2,1-4H3. The third kappa shape index (κ3) is 3.36. The number of aryl methyl sites for hydroxylation is 1. The lowest BCUT2D eigenvalue weighted by molar-refractivity contribution is 0.101. The van der Waals surface area contributed by atoms with Crippen molar-refractivity contribution in [2.75, 3.05) is 7.05 Å². The third-order valence-corrected chi connectivity index (χ3v) is 4.98. The summed E-state index contributed by atoms with van der Waals surface area (Å²) in [5.74, 6) is 0.757. The van der Waals surface area contributed by atoms with Crippen LogP contribution in [0.4, 0.5) is 0 Å². The molecule has 1 N–H and O–H groups in total. The Kier molecular flexibility index (Phi) is 4.62. The van der Waals surface area contributed by atoms with Crippen LogP contribution in [0.25, 0.3) is 0 Å². The molecule has 0 radical (unpaired) electrons. The minimum absolute atomic E-state index is 0.453. The van der Waals surface area contributed by atoms with E-state index < -0.39 is 0 Å². The van der Waals surface area contributed by atoms with Crippen molar-refractivity contribution in [2.45, 2.75) is 58.9 Å². The predicted molar refractivity (Wildman–Crippen MR) is 81.3 cm³/mol. The summed E-state index contributed by atoms with van der Waals surface area (Å²) in [6.45, 7) is 7.04. The maximum atomic E-state index is 4.57. The average Bonchev–Trinajstić information content (AvgIpc) is 2.38. The SMILES string of the molecule is CNC(Cc1ncccc1C)C1CCCCC1(C)C. The van der Waals surface area contributed by atoms with E-state index in [0.29, 0.717) is 11.5 Å². The molecule has 2 heteroatoms. The maximum absolute atomic E-state index is 4.57. The van der Waals surface area contributed by atoms with Crippen LogP contribution in [-0.4, -0.2) is 18.1 Å². The van der Waals surface area contributed by atoms with Crippen molar-refractivity contribution in [3.63, 3.8) is 0 Å². The molecule has 106 valence electrons. The first kappa shape index (κ1) is 14.5. The maximum Gasteiger partial charge on any atom is 0.0448 e. The molecule has 1 aliphatic carbocycles. The molecule has 1 heterocycles. The summed E-state index contributed by atoms with van der Waals surface area (Å²) < 4.78 is 0. The third-order valence-electron chi connectivity index (χ3n) is 4.98. The highest BCUT2D eigenvalue weighted by Crippen LogP contribution is 2.42. The minimum atomic E-state index is 0.453. The zero-order chi connectivity index (χ0) is 13.9. The number of hydrogen-bond donors (Lipinski definition) is 1. The molecular weight excluding hydrogens is 232 g/mol. The van der Waals surface area contributed by atoms with Crippen LogP contribution in [0.3, 0.4) is 0 Å². The smallest absolute Gasteiger partial charge is 0.0448 e. The normalized spacial score (nSPS) is 24.1. The molecule has 0 aliphatic heterocycles. The molecule has 1 fully saturated rings. The Morgan fingerprint density at radius 2 is 2.21 bits per heavy atom. The molecule has 0 aromatic carbocycles. The lowest BCUT2D eigenvalue weighted by Crippen LogP contribution is -2.44. The van der Waals surface area contributed by atoms with Gasteiger partial charge in [-0.2, -0.15) is 0 Å². The topological polar surface area (TPSA) is 24.9 Å². The summed E-state index contributed by atoms with van der Waals surface area (Å²) in [4.78, 5) is 4.57. The van der Waals surface area contributed by atoms with E-state index in [2.05, 4.69) is 44.2 Å². The summed E-state index contributed by atoms with van der Waals surface area (Å²) >= 11 is 0. The van der Waals surface area contributed by atoms with Crippen molar-refractivity contribution < 1.29 is 0 Å². The number of likely N-dealkylation sites (N-methyl/N-ethyl adjacent to an activating group) is 1. The van der Waals surface area contributed by atoms with Gasteiger partial charge in [0.1, 0.15) is 0 Å². The summed E-state index contributed by atoms with van der Waals surface area (Å²) in [5.41, 5.74) is 3.02. The Labute approximate surface area is 118 Å². The number of nitrogens with one attached hydrogen (secondary N) is 1. The van der Waals surface area contributed by atoms with E-state index >= 15 is 0 Å². The van der Waals surface area contributed by atoms with Crippen LogP contribution in [0, 0.1) is 18.3 Å². The molecular formula is C17H28N2. The van der Waals surface area contributed by atoms with Crippen molar-refractivity contribution >= 4 is 0 Å². The molecule has 0 spiro atoms. The van der Waals surface area contributed by atoms with Crippen molar-refractivity contribution in [1.82, 2.24) is 10.3 Å². The zero-order valence-electron chi connectivity index (χ0n) is 12.9. The lowest BCUT2D eigenvalue weighted by atomic mass is 9.65. The second-order valence-corrected chi connectivity index (χ2v) is 6.71. The Morgan fingerprint density at radius 3 is 2.84 bits per heavy atom. The van der Waals surface area contributed by atoms with Crippen molar-refractivity contribution in [3.05, 3.63) is 29.6 Å². The highest BCUT2D eigenvalue weighted by Gasteiger charge is 2.37. The Morgan fingerprint density at radius 1 is 1.42 bits per heavy atom. The molecule has 2 rings (SSSR count). The number of pyridine rings is 1. The van der Waals surface area contributed by atoms with E-state index in [1.807, 2.05) is 12.3 Å². The molecule has 2 atom stereocenters. The average molecular weight is 260 g/mol. The Balaban J connectivity index is 2.14. The molecule has 2 unspecified atom stereocenters. The van der Waals surface area contributed by atoms with Gasteiger partial charge < -0.3 is 5.32 Å². The van der Waals surface area contributed by atoms with Crippen LogP contribution in [0.5, 0.6) is 0 Å². The number of aromatic nitrogens is 1. The predicted octanol–water partition coefficient (Wildman–Crippen LogP) is 3.74. The Hall–Kier alpha value is -0.890. The van der Waals surface area contributed by atoms with E-state index in [1.54, 1.807) is 0 Å². The van der Waals surface area contributed by atoms with Crippen LogP contribution >= 0.6 is 0 Å². The van der Waals surface area contributed by atoms with Crippen molar-refractivity contribution in [3.8, 4) is 0 Å². The van der Waals surface area contributed by atoms with Crippen LogP contribution in [-0.2, 0) is 6.42 Å². The summed E-state index contributed by atoms with van der Waals surface area (Å²) in [5, 5.41) is 3.56. The summed E-state index contributed by atoms with van der Waals surface area (Å²) in [6, 6.07) is 4.74. The monoisotopic (exact) mass is 260 g/mol. The second kappa shape index (κ2) is 6.04. The van der Waals surface area contributed by atoms with E-state index in [9.17, 15) is 0 Å². The van der Waals surface area contributed by atoms with Gasteiger partial charge in [0, 0.05) is 24.4 Å². The van der Waals surface area contributed by atoms with Crippen molar-refractivity contribution in [2.24, 2.45) is 11.3 Å². The van der Waals surface area contributed by atoms with Gasteiger partial charge in [-0.1, -0.05) is 32.8 Å². The molecule has 1 saturated carbocycles. The Bertz CT molecular complexity index is 411. The van der Waals surface area contributed by atoms with Crippen LogP contribution in [0.2, 0.25) is 0 Å².